The first-order valence-electron chi connectivity index (χ1n) is 8.11. The lowest BCUT2D eigenvalue weighted by Crippen LogP contribution is -2.65. The van der Waals surface area contributed by atoms with Crippen LogP contribution in [-0.4, -0.2) is 36.1 Å². The highest BCUT2D eigenvalue weighted by Crippen LogP contribution is 2.25. The van der Waals surface area contributed by atoms with Crippen molar-refractivity contribution in [3.05, 3.63) is 24.2 Å². The van der Waals surface area contributed by atoms with E-state index in [9.17, 15) is 0 Å². The van der Waals surface area contributed by atoms with Crippen molar-refractivity contribution in [2.75, 3.05) is 19.6 Å². The molecule has 0 saturated carbocycles. The zero-order valence-corrected chi connectivity index (χ0v) is 13.5. The Labute approximate surface area is 123 Å². The van der Waals surface area contributed by atoms with Crippen LogP contribution in [0.3, 0.4) is 0 Å². The van der Waals surface area contributed by atoms with E-state index in [4.69, 9.17) is 4.42 Å². The van der Waals surface area contributed by atoms with Crippen LogP contribution in [0.4, 0.5) is 0 Å². The second-order valence-corrected chi connectivity index (χ2v) is 6.48. The first kappa shape index (κ1) is 15.6. The molecule has 0 bridgehead atoms. The molecule has 1 aliphatic heterocycles. The van der Waals surface area contributed by atoms with Crippen LogP contribution in [0.15, 0.2) is 22.8 Å². The predicted octanol–water partition coefficient (Wildman–Crippen LogP) is 3.31. The smallest absolute Gasteiger partial charge is 0.105 e. The van der Waals surface area contributed by atoms with Crippen molar-refractivity contribution >= 4 is 0 Å². The van der Waals surface area contributed by atoms with Crippen LogP contribution in [0.5, 0.6) is 0 Å². The van der Waals surface area contributed by atoms with Gasteiger partial charge in [0.25, 0.3) is 0 Å². The van der Waals surface area contributed by atoms with E-state index in [0.717, 1.165) is 31.8 Å². The maximum atomic E-state index is 5.48. The van der Waals surface area contributed by atoms with Gasteiger partial charge in [-0.15, -0.1) is 0 Å². The number of hydrogen-bond donors (Lipinski definition) is 1. The van der Waals surface area contributed by atoms with Crippen molar-refractivity contribution in [3.8, 4) is 0 Å². The summed E-state index contributed by atoms with van der Waals surface area (Å²) in [5, 5.41) is 3.82. The number of hydrogen-bond acceptors (Lipinski definition) is 3. The van der Waals surface area contributed by atoms with E-state index in [0.29, 0.717) is 17.5 Å². The largest absolute Gasteiger partial charge is 0.469 e. The van der Waals surface area contributed by atoms with Gasteiger partial charge in [0.15, 0.2) is 0 Å². The van der Waals surface area contributed by atoms with Gasteiger partial charge in [0.05, 0.1) is 6.26 Å². The number of piperazine rings is 1. The minimum absolute atomic E-state index is 0.300. The molecule has 1 fully saturated rings. The maximum Gasteiger partial charge on any atom is 0.105 e. The van der Waals surface area contributed by atoms with Gasteiger partial charge in [0, 0.05) is 37.6 Å². The highest BCUT2D eigenvalue weighted by molar-refractivity contribution is 5.01. The van der Waals surface area contributed by atoms with Gasteiger partial charge in [-0.1, -0.05) is 27.7 Å². The molecule has 114 valence electrons. The van der Waals surface area contributed by atoms with Gasteiger partial charge in [-0.2, -0.15) is 0 Å². The van der Waals surface area contributed by atoms with E-state index in [1.54, 1.807) is 6.26 Å². The molecule has 0 spiro atoms. The molecule has 0 aliphatic carbocycles. The van der Waals surface area contributed by atoms with Gasteiger partial charge in [0.1, 0.15) is 5.76 Å². The summed E-state index contributed by atoms with van der Waals surface area (Å²) in [5.41, 5.74) is 0.300. The van der Waals surface area contributed by atoms with Crippen LogP contribution < -0.4 is 5.32 Å². The summed E-state index contributed by atoms with van der Waals surface area (Å²) in [5.74, 6) is 1.79. The van der Waals surface area contributed by atoms with Crippen LogP contribution >= 0.6 is 0 Å². The maximum absolute atomic E-state index is 5.48. The number of rotatable bonds is 6. The zero-order valence-electron chi connectivity index (χ0n) is 13.5. The van der Waals surface area contributed by atoms with Crippen LogP contribution in [-0.2, 0) is 6.42 Å². The fourth-order valence-corrected chi connectivity index (χ4v) is 3.35. The quantitative estimate of drug-likeness (QED) is 0.865. The summed E-state index contributed by atoms with van der Waals surface area (Å²) >= 11 is 0. The van der Waals surface area contributed by atoms with Crippen molar-refractivity contribution in [2.24, 2.45) is 5.92 Å². The molecule has 2 rings (SSSR count). The molecule has 0 radical (unpaired) electrons. The first-order valence-corrected chi connectivity index (χ1v) is 8.11. The fourth-order valence-electron chi connectivity index (χ4n) is 3.35. The minimum atomic E-state index is 0.300. The standard InChI is InChI=1S/C17H30N2O/c1-5-17(6-2)13-19(16(12-18-17)14(3)4)10-9-15-8-7-11-20-15/h7-8,11,14,16,18H,5-6,9-10,12-13H2,1-4H3. The summed E-state index contributed by atoms with van der Waals surface area (Å²) in [6, 6.07) is 4.70. The Morgan fingerprint density at radius 1 is 1.40 bits per heavy atom. The Morgan fingerprint density at radius 3 is 2.70 bits per heavy atom. The van der Waals surface area contributed by atoms with Crippen molar-refractivity contribution in [1.82, 2.24) is 10.2 Å². The lowest BCUT2D eigenvalue weighted by molar-refractivity contribution is 0.0504. The van der Waals surface area contributed by atoms with E-state index in [1.807, 2.05) is 6.07 Å². The normalized spacial score (nSPS) is 23.4. The SMILES string of the molecule is CCC1(CC)CN(CCc2ccco2)C(C(C)C)CN1. The van der Waals surface area contributed by atoms with Gasteiger partial charge in [0.2, 0.25) is 0 Å². The number of furan rings is 1. The summed E-state index contributed by atoms with van der Waals surface area (Å²) in [4.78, 5) is 2.68. The molecular formula is C17H30N2O. The van der Waals surface area contributed by atoms with E-state index >= 15 is 0 Å². The highest BCUT2D eigenvalue weighted by atomic mass is 16.3. The molecular weight excluding hydrogens is 248 g/mol. The van der Waals surface area contributed by atoms with E-state index < -0.39 is 0 Å². The van der Waals surface area contributed by atoms with E-state index in [-0.39, 0.29) is 0 Å². The monoisotopic (exact) mass is 278 g/mol. The molecule has 20 heavy (non-hydrogen) atoms. The molecule has 3 nitrogen and oxygen atoms in total. The Kier molecular flexibility index (Phi) is 5.28. The van der Waals surface area contributed by atoms with Gasteiger partial charge in [-0.3, -0.25) is 4.90 Å². The second kappa shape index (κ2) is 6.77. The molecule has 0 aromatic carbocycles. The lowest BCUT2D eigenvalue weighted by atomic mass is 9.86. The number of nitrogens with zero attached hydrogens (tertiary/aromatic N) is 1. The number of nitrogens with one attached hydrogen (secondary N) is 1. The summed E-state index contributed by atoms with van der Waals surface area (Å²) in [7, 11) is 0. The highest BCUT2D eigenvalue weighted by Gasteiger charge is 2.37. The molecule has 1 unspecified atom stereocenters. The van der Waals surface area contributed by atoms with Crippen LogP contribution in [0.25, 0.3) is 0 Å². The molecule has 2 heterocycles. The average molecular weight is 278 g/mol. The first-order chi connectivity index (χ1) is 9.60. The topological polar surface area (TPSA) is 28.4 Å². The van der Waals surface area contributed by atoms with Gasteiger partial charge >= 0.3 is 0 Å². The van der Waals surface area contributed by atoms with Crippen molar-refractivity contribution in [2.45, 2.75) is 58.5 Å². The van der Waals surface area contributed by atoms with Crippen molar-refractivity contribution in [1.29, 1.82) is 0 Å². The molecule has 1 saturated heterocycles. The molecule has 1 atom stereocenters. The van der Waals surface area contributed by atoms with Crippen molar-refractivity contribution in [3.63, 3.8) is 0 Å². The summed E-state index contributed by atoms with van der Waals surface area (Å²) in [6.07, 6.45) is 5.19. The third kappa shape index (κ3) is 3.44. The molecule has 1 aromatic heterocycles. The van der Waals surface area contributed by atoms with Crippen LogP contribution in [0, 0.1) is 5.92 Å². The van der Waals surface area contributed by atoms with Gasteiger partial charge in [-0.25, -0.2) is 0 Å². The molecule has 3 heteroatoms. The van der Waals surface area contributed by atoms with Gasteiger partial charge < -0.3 is 9.73 Å². The van der Waals surface area contributed by atoms with Crippen molar-refractivity contribution < 1.29 is 4.42 Å². The second-order valence-electron chi connectivity index (χ2n) is 6.48. The fraction of sp³-hybridized carbons (Fsp3) is 0.765. The average Bonchev–Trinajstić information content (AvgIpc) is 2.97. The Balaban J connectivity index is 2.02. The Hall–Kier alpha value is -0.800. The molecule has 0 amide bonds. The summed E-state index contributed by atoms with van der Waals surface area (Å²) in [6.45, 7) is 12.6. The van der Waals surface area contributed by atoms with Gasteiger partial charge in [-0.05, 0) is 30.9 Å². The molecule has 1 aromatic rings. The summed E-state index contributed by atoms with van der Waals surface area (Å²) < 4.78 is 5.48. The predicted molar refractivity (Wildman–Crippen MR) is 83.9 cm³/mol. The van der Waals surface area contributed by atoms with E-state index in [2.05, 4.69) is 44.0 Å². The molecule has 1 N–H and O–H groups in total. The van der Waals surface area contributed by atoms with E-state index in [1.165, 1.54) is 12.8 Å². The van der Waals surface area contributed by atoms with Crippen LogP contribution in [0.2, 0.25) is 0 Å². The third-order valence-electron chi connectivity index (χ3n) is 5.01. The molecule has 1 aliphatic rings. The zero-order chi connectivity index (χ0) is 14.6. The minimum Gasteiger partial charge on any atom is -0.469 e. The Bertz CT molecular complexity index is 382. The third-order valence-corrected chi connectivity index (χ3v) is 5.01. The van der Waals surface area contributed by atoms with Crippen LogP contribution in [0.1, 0.15) is 46.3 Å². The lowest BCUT2D eigenvalue weighted by Gasteiger charge is -2.49. The Morgan fingerprint density at radius 2 is 2.15 bits per heavy atom.